The molecule has 1 aromatic carbocycles. The summed E-state index contributed by atoms with van der Waals surface area (Å²) in [5, 5.41) is 3.51. The van der Waals surface area contributed by atoms with Crippen molar-refractivity contribution in [2.75, 3.05) is 31.1 Å². The fourth-order valence-corrected chi connectivity index (χ4v) is 2.95. The van der Waals surface area contributed by atoms with E-state index < -0.39 is 0 Å². The van der Waals surface area contributed by atoms with Crippen molar-refractivity contribution in [2.45, 2.75) is 25.3 Å². The minimum atomic E-state index is 0. The smallest absolute Gasteiger partial charge is 0.321 e. The van der Waals surface area contributed by atoms with Gasteiger partial charge in [0.25, 0.3) is 0 Å². The van der Waals surface area contributed by atoms with Crippen molar-refractivity contribution in [3.05, 3.63) is 30.3 Å². The lowest BCUT2D eigenvalue weighted by atomic mass is 10.0. The average Bonchev–Trinajstić information content (AvgIpc) is 2.82. The van der Waals surface area contributed by atoms with Gasteiger partial charge < -0.3 is 10.2 Å². The van der Waals surface area contributed by atoms with Gasteiger partial charge in [-0.3, -0.25) is 4.90 Å². The fraction of sp³-hybridized carbons (Fsp3) is 0.533. The standard InChI is InChI=1S/C15H21N3O.ClH/c19-15-17(12-13-6-4-5-9-16-13)10-11-18(15)14-7-2-1-3-8-14;/h1-3,7-8,13,16H,4-6,9-12H2;1H. The zero-order chi connectivity index (χ0) is 13.1. The number of para-hydroxylation sites is 1. The van der Waals surface area contributed by atoms with Crippen molar-refractivity contribution in [3.8, 4) is 0 Å². The van der Waals surface area contributed by atoms with Crippen molar-refractivity contribution in [1.29, 1.82) is 0 Å². The zero-order valence-electron chi connectivity index (χ0n) is 11.6. The minimum Gasteiger partial charge on any atom is -0.321 e. The van der Waals surface area contributed by atoms with Crippen molar-refractivity contribution in [3.63, 3.8) is 0 Å². The lowest BCUT2D eigenvalue weighted by molar-refractivity contribution is 0.210. The van der Waals surface area contributed by atoms with Crippen LogP contribution in [0.25, 0.3) is 0 Å². The molecule has 110 valence electrons. The third kappa shape index (κ3) is 3.25. The number of carbonyl (C=O) groups excluding carboxylic acids is 1. The molecule has 0 bridgehead atoms. The summed E-state index contributed by atoms with van der Waals surface area (Å²) in [6.45, 7) is 3.58. The second-order valence-corrected chi connectivity index (χ2v) is 5.36. The first-order valence-corrected chi connectivity index (χ1v) is 7.19. The molecule has 2 heterocycles. The molecule has 2 amide bonds. The lowest BCUT2D eigenvalue weighted by Crippen LogP contribution is -2.45. The van der Waals surface area contributed by atoms with Gasteiger partial charge in [-0.15, -0.1) is 12.4 Å². The van der Waals surface area contributed by atoms with Crippen LogP contribution in [0.2, 0.25) is 0 Å². The molecule has 1 unspecified atom stereocenters. The van der Waals surface area contributed by atoms with Crippen LogP contribution in [0.1, 0.15) is 19.3 Å². The van der Waals surface area contributed by atoms with Gasteiger partial charge in [0, 0.05) is 31.4 Å². The molecule has 2 fully saturated rings. The summed E-state index contributed by atoms with van der Waals surface area (Å²) in [7, 11) is 0. The predicted octanol–water partition coefficient (Wildman–Crippen LogP) is 2.49. The number of rotatable bonds is 3. The van der Waals surface area contributed by atoms with E-state index in [1.165, 1.54) is 19.3 Å². The molecule has 0 radical (unpaired) electrons. The third-order valence-corrected chi connectivity index (χ3v) is 4.02. The van der Waals surface area contributed by atoms with Gasteiger partial charge in [-0.2, -0.15) is 0 Å². The van der Waals surface area contributed by atoms with Crippen LogP contribution in [0.5, 0.6) is 0 Å². The Labute approximate surface area is 126 Å². The van der Waals surface area contributed by atoms with Gasteiger partial charge in [0.05, 0.1) is 0 Å². The highest BCUT2D eigenvalue weighted by Gasteiger charge is 2.31. The fourth-order valence-electron chi connectivity index (χ4n) is 2.95. The number of hydrogen-bond donors (Lipinski definition) is 1. The highest BCUT2D eigenvalue weighted by Crippen LogP contribution is 2.20. The van der Waals surface area contributed by atoms with E-state index in [4.69, 9.17) is 0 Å². The Morgan fingerprint density at radius 1 is 1.15 bits per heavy atom. The summed E-state index contributed by atoms with van der Waals surface area (Å²) in [6.07, 6.45) is 3.73. The Morgan fingerprint density at radius 3 is 2.65 bits per heavy atom. The number of piperidine rings is 1. The number of carbonyl (C=O) groups is 1. The topological polar surface area (TPSA) is 35.6 Å². The van der Waals surface area contributed by atoms with Crippen molar-refractivity contribution >= 4 is 24.1 Å². The molecule has 1 atom stereocenters. The van der Waals surface area contributed by atoms with Gasteiger partial charge in [0.2, 0.25) is 0 Å². The van der Waals surface area contributed by atoms with Gasteiger partial charge >= 0.3 is 6.03 Å². The molecule has 20 heavy (non-hydrogen) atoms. The third-order valence-electron chi connectivity index (χ3n) is 4.02. The lowest BCUT2D eigenvalue weighted by Gasteiger charge is -2.28. The van der Waals surface area contributed by atoms with Gasteiger partial charge in [-0.1, -0.05) is 24.6 Å². The number of nitrogens with zero attached hydrogens (tertiary/aromatic N) is 2. The monoisotopic (exact) mass is 295 g/mol. The summed E-state index contributed by atoms with van der Waals surface area (Å²) >= 11 is 0. The maximum atomic E-state index is 12.4. The van der Waals surface area contributed by atoms with Crippen molar-refractivity contribution in [2.24, 2.45) is 0 Å². The van der Waals surface area contributed by atoms with Gasteiger partial charge in [0.1, 0.15) is 0 Å². The first kappa shape index (κ1) is 15.1. The summed E-state index contributed by atoms with van der Waals surface area (Å²) in [5.74, 6) is 0. The molecule has 2 aliphatic heterocycles. The molecule has 1 N–H and O–H groups in total. The first-order chi connectivity index (χ1) is 9.34. The summed E-state index contributed by atoms with van der Waals surface area (Å²) in [5.41, 5.74) is 1.01. The van der Waals surface area contributed by atoms with E-state index in [1.54, 1.807) is 0 Å². The molecule has 2 saturated heterocycles. The number of anilines is 1. The normalized spacial score (nSPS) is 22.8. The van der Waals surface area contributed by atoms with Crippen LogP contribution in [0, 0.1) is 0 Å². The van der Waals surface area contributed by atoms with E-state index in [1.807, 2.05) is 40.1 Å². The molecule has 0 spiro atoms. The largest absolute Gasteiger partial charge is 0.324 e. The second kappa shape index (κ2) is 6.95. The van der Waals surface area contributed by atoms with E-state index in [-0.39, 0.29) is 18.4 Å². The summed E-state index contributed by atoms with van der Waals surface area (Å²) in [6, 6.07) is 10.6. The highest BCUT2D eigenvalue weighted by atomic mass is 35.5. The number of urea groups is 1. The SMILES string of the molecule is Cl.O=C1N(CC2CCCCN2)CCN1c1ccccc1. The van der Waals surface area contributed by atoms with Crippen LogP contribution in [-0.2, 0) is 0 Å². The molecular formula is C15H22ClN3O. The van der Waals surface area contributed by atoms with Gasteiger partial charge in [-0.25, -0.2) is 4.79 Å². The van der Waals surface area contributed by atoms with E-state index in [0.717, 1.165) is 31.9 Å². The quantitative estimate of drug-likeness (QED) is 0.930. The predicted molar refractivity (Wildman–Crippen MR) is 83.6 cm³/mol. The van der Waals surface area contributed by atoms with Crippen molar-refractivity contribution < 1.29 is 4.79 Å². The van der Waals surface area contributed by atoms with E-state index >= 15 is 0 Å². The average molecular weight is 296 g/mol. The molecule has 0 saturated carbocycles. The molecule has 5 heteroatoms. The molecule has 3 rings (SSSR count). The summed E-state index contributed by atoms with van der Waals surface area (Å²) in [4.78, 5) is 16.3. The number of amides is 2. The first-order valence-electron chi connectivity index (χ1n) is 7.19. The van der Waals surface area contributed by atoms with E-state index in [2.05, 4.69) is 5.32 Å². The number of halogens is 1. The molecule has 1 aromatic rings. The van der Waals surface area contributed by atoms with Crippen LogP contribution >= 0.6 is 12.4 Å². The van der Waals surface area contributed by atoms with E-state index in [9.17, 15) is 4.79 Å². The highest BCUT2D eigenvalue weighted by molar-refractivity contribution is 5.94. The Morgan fingerprint density at radius 2 is 1.95 bits per heavy atom. The van der Waals surface area contributed by atoms with Crippen LogP contribution in [0.15, 0.2) is 30.3 Å². The summed E-state index contributed by atoms with van der Waals surface area (Å²) < 4.78 is 0. The van der Waals surface area contributed by atoms with Crippen LogP contribution in [-0.4, -0.2) is 43.2 Å². The number of benzene rings is 1. The maximum Gasteiger partial charge on any atom is 0.324 e. The van der Waals surface area contributed by atoms with Crippen LogP contribution < -0.4 is 10.2 Å². The minimum absolute atomic E-state index is 0. The van der Waals surface area contributed by atoms with Crippen LogP contribution in [0.3, 0.4) is 0 Å². The zero-order valence-corrected chi connectivity index (χ0v) is 12.4. The number of hydrogen-bond acceptors (Lipinski definition) is 2. The Kier molecular flexibility index (Phi) is 5.26. The van der Waals surface area contributed by atoms with Gasteiger partial charge in [-0.05, 0) is 31.5 Å². The Hall–Kier alpha value is -1.26. The van der Waals surface area contributed by atoms with E-state index in [0.29, 0.717) is 6.04 Å². The molecule has 0 aromatic heterocycles. The molecule has 4 nitrogen and oxygen atoms in total. The van der Waals surface area contributed by atoms with Gasteiger partial charge in [0.15, 0.2) is 0 Å². The van der Waals surface area contributed by atoms with Crippen molar-refractivity contribution in [1.82, 2.24) is 10.2 Å². The second-order valence-electron chi connectivity index (χ2n) is 5.36. The molecule has 2 aliphatic rings. The number of nitrogens with one attached hydrogen (secondary N) is 1. The van der Waals surface area contributed by atoms with Crippen LogP contribution in [0.4, 0.5) is 10.5 Å². The molecular weight excluding hydrogens is 274 g/mol. The molecule has 0 aliphatic carbocycles. The Bertz CT molecular complexity index is 434. The Balaban J connectivity index is 0.00000147. The maximum absolute atomic E-state index is 12.4.